The number of aryl methyl sites for hydroxylation is 1. The number of urea groups is 1. The summed E-state index contributed by atoms with van der Waals surface area (Å²) >= 11 is 0. The van der Waals surface area contributed by atoms with Crippen molar-refractivity contribution in [1.29, 1.82) is 0 Å². The highest BCUT2D eigenvalue weighted by Gasteiger charge is 2.47. The van der Waals surface area contributed by atoms with Crippen LogP contribution in [-0.2, 0) is 108 Å². The number of benzene rings is 3. The van der Waals surface area contributed by atoms with Crippen LogP contribution in [0.1, 0.15) is 115 Å². The normalized spacial score (nSPS) is 11.5. The van der Waals surface area contributed by atoms with Crippen molar-refractivity contribution in [2.75, 3.05) is 24.7 Å². The molecule has 113 heavy (non-hydrogen) atoms. The third-order valence-corrected chi connectivity index (χ3v) is 14.5. The molecule has 0 saturated carbocycles. The number of amides is 4. The van der Waals surface area contributed by atoms with E-state index in [4.69, 9.17) is 60.9 Å². The number of unbranched alkanes of at least 4 members (excludes halogenated alkanes) is 1. The molecule has 2 atom stereocenters. The van der Waals surface area contributed by atoms with E-state index in [9.17, 15) is 95.9 Å². The Morgan fingerprint density at radius 3 is 1.57 bits per heavy atom. The summed E-state index contributed by atoms with van der Waals surface area (Å²) < 4.78 is 35.3. The van der Waals surface area contributed by atoms with E-state index in [1.807, 2.05) is 29.0 Å². The van der Waals surface area contributed by atoms with Gasteiger partial charge >= 0.3 is 58.9 Å². The van der Waals surface area contributed by atoms with Gasteiger partial charge in [0.2, 0.25) is 24.2 Å². The van der Waals surface area contributed by atoms with Gasteiger partial charge in [-0.25, -0.2) is 38.1 Å². The molecule has 2 heterocycles. The fourth-order valence-corrected chi connectivity index (χ4v) is 8.64. The van der Waals surface area contributed by atoms with Gasteiger partial charge in [0.25, 0.3) is 51.8 Å². The molecular formula is C67H87N5O39S2. The molecule has 4 amide bonds. The molecule has 3 aromatic carbocycles. The van der Waals surface area contributed by atoms with E-state index in [0.29, 0.717) is 81.6 Å². The van der Waals surface area contributed by atoms with Crippen molar-refractivity contribution in [3.8, 4) is 34.5 Å². The van der Waals surface area contributed by atoms with E-state index in [0.717, 1.165) is 40.7 Å². The van der Waals surface area contributed by atoms with Gasteiger partial charge in [0.05, 0.1) is 37.6 Å². The molecule has 46 heteroatoms. The van der Waals surface area contributed by atoms with Gasteiger partial charge in [-0.15, -0.1) is 6.58 Å². The standard InChI is InChI=1S/C12H16O2.C8H12N2O3.C8H6O5.C7H6O4.C6H7N3O3.C6H10O4S2.2C6H10O4.C4H6O6.C4H4O4/c1-9-5-10(12(2,3)4)7-11(6-9)14-8-13;1-3-8(4-2)5(11)9-7(13)10-6(8)12;9-4-13-7-2-5(8(11)12)1-6(10)3-7;8-4-11-7-2-1-5(9)3-6(7)10;1-2-3-9-5(11)7-4(10)8-6(9)12;7-5-10-2-4-12-11-3-1-6(8)9;1-6(2,10-4-7)3-5(8)9;7-5-10-4-2-1-3-6(8)9;5-1-10-4(9)2(6)3(7)8;5-3-8-2-1-4(6)7/h5-8H,1-4H3;3-4H2,1-2H3,(H2,9,10,11,12,13);1-4,10H,(H,11,12);1-4,9-10H;2H,1,3H2,(H2,7,8,10,11,12);5H,1-4H2,(H,8,9);4H,3H2,1-2H3,(H,8,9);5H,1-4H2,(H,8,9);1-2,4,6,9H,(H,7,8);1-3H,(H,6,7)/b;;;;;;;;;2-1+. The second-order valence-electron chi connectivity index (χ2n) is 22.1. The Balaban J connectivity index is -0.000000384. The molecule has 0 aliphatic carbocycles. The Morgan fingerprint density at radius 2 is 1.13 bits per heavy atom. The number of carbonyl (C=O) groups excluding carboxylic acids is 11. The molecule has 1 aliphatic rings. The monoisotopic (exact) mass is 1650 g/mol. The van der Waals surface area contributed by atoms with E-state index in [1.54, 1.807) is 13.8 Å². The highest BCUT2D eigenvalue weighted by Crippen LogP contribution is 2.31. The van der Waals surface area contributed by atoms with Crippen LogP contribution in [0.3, 0.4) is 0 Å². The first kappa shape index (κ1) is 108. The lowest BCUT2D eigenvalue weighted by molar-refractivity contribution is -0.186. The molecule has 626 valence electrons. The number of aromatic amines is 2. The van der Waals surface area contributed by atoms with Gasteiger partial charge < -0.3 is 94.1 Å². The SMILES string of the molecule is C=CCn1c(=O)[nH]c(=O)[nH]c1=O.CC(C)(CC(=O)O)OC=O.CCC1(CC)C(=O)NC(=O)NC1=O.Cc1cc(OC=O)cc(C(C)(C)C)c1.O=CO/C=C/C(=O)O.O=COC(O)C(O)C(=O)O.O=COCCCCC(=O)O.O=COCCSSCCC(=O)O.O=COc1cc(O)cc(C(=O)O)c1.O=COc1ccc(O)cc1O. The lowest BCUT2D eigenvalue weighted by Crippen LogP contribution is -2.61. The molecule has 1 aliphatic heterocycles. The summed E-state index contributed by atoms with van der Waals surface area (Å²) in [6, 6.07) is 12.1. The number of phenols is 3. The predicted octanol–water partition coefficient (Wildman–Crippen LogP) is 2.18. The number of hydrogen-bond acceptors (Lipinski definition) is 35. The maximum absolute atomic E-state index is 11.4. The number of nitrogens with zero attached hydrogens (tertiary/aromatic N) is 1. The number of aliphatic carboxylic acids is 5. The van der Waals surface area contributed by atoms with Crippen LogP contribution in [0.15, 0.2) is 94.0 Å². The minimum Gasteiger partial charge on any atom is -0.508 e. The zero-order chi connectivity index (χ0) is 87.9. The van der Waals surface area contributed by atoms with Crippen molar-refractivity contribution in [2.24, 2.45) is 5.41 Å². The summed E-state index contributed by atoms with van der Waals surface area (Å²) in [6.45, 7) is 20.9. The smallest absolute Gasteiger partial charge is 0.339 e. The molecule has 44 nitrogen and oxygen atoms in total. The molecule has 1 fully saturated rings. The van der Waals surface area contributed by atoms with Crippen LogP contribution in [0.5, 0.6) is 34.5 Å². The highest BCUT2D eigenvalue weighted by atomic mass is 33.1. The van der Waals surface area contributed by atoms with Gasteiger partial charge in [0.15, 0.2) is 11.5 Å². The van der Waals surface area contributed by atoms with E-state index in [2.05, 4.69) is 77.2 Å². The number of rotatable bonds is 36. The first-order valence-corrected chi connectivity index (χ1v) is 33.9. The minimum absolute atomic E-state index is 0.00704. The fourth-order valence-electron chi connectivity index (χ4n) is 6.82. The third kappa shape index (κ3) is 55.8. The van der Waals surface area contributed by atoms with Crippen LogP contribution in [0, 0.1) is 12.3 Å². The number of H-pyrrole nitrogens is 2. The van der Waals surface area contributed by atoms with Crippen LogP contribution < -0.4 is 41.9 Å². The average molecular weight is 1650 g/mol. The molecule has 4 aromatic rings. The number of ether oxygens (including phenoxy) is 8. The summed E-state index contributed by atoms with van der Waals surface area (Å²) in [7, 11) is 2.98. The number of nitrogens with one attached hydrogen (secondary N) is 4. The van der Waals surface area contributed by atoms with Gasteiger partial charge in [-0.2, -0.15) is 0 Å². The maximum Gasteiger partial charge on any atom is 0.339 e. The first-order chi connectivity index (χ1) is 52.9. The number of phenolic OH excluding ortho intramolecular Hbond substituents is 3. The topological polar surface area (TPSA) is 698 Å². The van der Waals surface area contributed by atoms with Crippen LogP contribution in [0.25, 0.3) is 0 Å². The number of imide groups is 2. The predicted molar refractivity (Wildman–Crippen MR) is 389 cm³/mol. The molecule has 15 N–H and O–H groups in total. The fraction of sp³-hybridized carbons (Fsp3) is 0.373. The Labute approximate surface area is 648 Å². The number of carboxylic acids is 6. The van der Waals surface area contributed by atoms with E-state index in [-0.39, 0.29) is 97.9 Å². The first-order valence-electron chi connectivity index (χ1n) is 31.4. The van der Waals surface area contributed by atoms with Gasteiger partial charge in [-0.1, -0.05) is 68.3 Å². The van der Waals surface area contributed by atoms with E-state index >= 15 is 0 Å². The van der Waals surface area contributed by atoms with Crippen molar-refractivity contribution in [2.45, 2.75) is 130 Å². The van der Waals surface area contributed by atoms with Crippen LogP contribution in [0.4, 0.5) is 4.79 Å². The van der Waals surface area contributed by atoms with Crippen molar-refractivity contribution in [1.82, 2.24) is 25.2 Å². The largest absolute Gasteiger partial charge is 0.508 e. The zero-order valence-electron chi connectivity index (χ0n) is 61.5. The molecule has 1 aromatic heterocycles. The van der Waals surface area contributed by atoms with Gasteiger partial charge in [0.1, 0.15) is 46.9 Å². The number of carbonyl (C=O) groups is 17. The van der Waals surface area contributed by atoms with E-state index in [1.165, 1.54) is 59.2 Å². The number of barbiturate groups is 1. The molecule has 0 spiro atoms. The minimum atomic E-state index is -2.09. The second kappa shape index (κ2) is 62.6. The molecule has 5 rings (SSSR count). The number of allylic oxidation sites excluding steroid dienone is 1. The van der Waals surface area contributed by atoms with Gasteiger partial charge in [0, 0.05) is 30.1 Å². The van der Waals surface area contributed by atoms with Crippen LogP contribution >= 0.6 is 21.6 Å². The molecule has 0 radical (unpaired) electrons. The van der Waals surface area contributed by atoms with Gasteiger partial charge in [-0.3, -0.25) is 82.9 Å². The lowest BCUT2D eigenvalue weighted by Gasteiger charge is -2.31. The summed E-state index contributed by atoms with van der Waals surface area (Å²) in [5.41, 5.74) is -2.01. The molecule has 1 saturated heterocycles. The summed E-state index contributed by atoms with van der Waals surface area (Å²) in [5.74, 6) is -6.27. The van der Waals surface area contributed by atoms with Gasteiger partial charge in [-0.05, 0) is 99.4 Å². The van der Waals surface area contributed by atoms with Crippen molar-refractivity contribution in [3.63, 3.8) is 0 Å². The van der Waals surface area contributed by atoms with Crippen LogP contribution in [0.2, 0.25) is 0 Å². The number of hydrogen-bond donors (Lipinski definition) is 15. The second-order valence-corrected chi connectivity index (χ2v) is 24.8. The Hall–Kier alpha value is -13.2. The average Bonchev–Trinajstić information content (AvgIpc) is 0.791. The van der Waals surface area contributed by atoms with E-state index < -0.39 is 94.1 Å². The van der Waals surface area contributed by atoms with Crippen molar-refractivity contribution >= 4 is 127 Å². The number of aromatic hydroxyl groups is 3. The number of aliphatic hydroxyl groups excluding tert-OH is 2. The number of aromatic carboxylic acids is 1. The summed E-state index contributed by atoms with van der Waals surface area (Å²) in [6.07, 6.45) is 0.899. The lowest BCUT2D eigenvalue weighted by atomic mass is 9.79. The zero-order valence-corrected chi connectivity index (χ0v) is 63.1. The Bertz CT molecular complexity index is 3860. The number of aromatic nitrogens is 3. The van der Waals surface area contributed by atoms with Crippen molar-refractivity contribution in [3.05, 3.63) is 128 Å². The van der Waals surface area contributed by atoms with Crippen LogP contribution in [-0.4, -0.2) is 219 Å². The van der Waals surface area contributed by atoms with Crippen molar-refractivity contribution < 1.29 is 176 Å². The summed E-state index contributed by atoms with van der Waals surface area (Å²) in [5, 5.41) is 96.8. The highest BCUT2D eigenvalue weighted by molar-refractivity contribution is 8.76. The Kier molecular flexibility index (Phi) is 60.1. The maximum atomic E-state index is 11.4. The third-order valence-electron chi connectivity index (χ3n) is 12.1. The number of carboxylic acid groups (broad SMARTS) is 6. The Morgan fingerprint density at radius 1 is 0.602 bits per heavy atom. The quantitative estimate of drug-likeness (QED) is 0.00357. The molecule has 0 bridgehead atoms. The molecule has 2 unspecified atom stereocenters. The number of aliphatic hydroxyl groups is 2. The molecular weight excluding hydrogens is 1560 g/mol. The summed E-state index contributed by atoms with van der Waals surface area (Å²) in [4.78, 5) is 207.